The molecule has 2 aromatic carbocycles. The average molecular weight is 527 g/mol. The molecule has 0 aliphatic carbocycles. The first kappa shape index (κ1) is 22.3. The van der Waals surface area contributed by atoms with E-state index in [0.29, 0.717) is 29.5 Å². The first-order valence-corrected chi connectivity index (χ1v) is 11.0. The Balaban J connectivity index is 1.56. The quantitative estimate of drug-likeness (QED) is 0.298. The van der Waals surface area contributed by atoms with E-state index in [1.165, 1.54) is 17.4 Å². The topological polar surface area (TPSA) is 81.5 Å². The normalized spacial score (nSPS) is 15.8. The molecule has 1 aliphatic rings. The molecule has 0 fully saturated rings. The van der Waals surface area contributed by atoms with Gasteiger partial charge in [-0.15, -0.1) is 11.3 Å². The summed E-state index contributed by atoms with van der Waals surface area (Å²) in [6.45, 7) is 0.195. The van der Waals surface area contributed by atoms with Gasteiger partial charge in [-0.25, -0.2) is 0 Å². The van der Waals surface area contributed by atoms with Gasteiger partial charge in [-0.3, -0.25) is 14.9 Å². The first-order chi connectivity index (χ1) is 15.1. The highest BCUT2D eigenvalue weighted by Crippen LogP contribution is 2.39. The fraction of sp³-hybridized carbons (Fsp3) is 0.190. The molecule has 6 nitrogen and oxygen atoms in total. The first-order valence-electron chi connectivity index (χ1n) is 9.29. The molecule has 1 aromatic heterocycles. The Morgan fingerprint density at radius 3 is 2.72 bits per heavy atom. The van der Waals surface area contributed by atoms with Crippen molar-refractivity contribution >= 4 is 50.1 Å². The maximum absolute atomic E-state index is 13.3. The molecule has 3 aromatic rings. The van der Waals surface area contributed by atoms with E-state index in [2.05, 4.69) is 21.2 Å². The van der Waals surface area contributed by atoms with Crippen LogP contribution in [0.15, 0.2) is 52.3 Å². The van der Waals surface area contributed by atoms with Crippen LogP contribution >= 0.6 is 27.3 Å². The third-order valence-corrected chi connectivity index (χ3v) is 6.41. The molecule has 0 amide bonds. The number of carbonyl (C=O) groups is 1. The van der Waals surface area contributed by atoms with Gasteiger partial charge in [0.15, 0.2) is 5.78 Å². The van der Waals surface area contributed by atoms with Gasteiger partial charge in [0, 0.05) is 21.1 Å². The molecule has 0 saturated carbocycles. The van der Waals surface area contributed by atoms with Crippen molar-refractivity contribution in [1.29, 1.82) is 0 Å². The van der Waals surface area contributed by atoms with E-state index < -0.39 is 28.3 Å². The van der Waals surface area contributed by atoms with Crippen LogP contribution in [-0.4, -0.2) is 17.3 Å². The number of ketones is 1. The van der Waals surface area contributed by atoms with E-state index in [4.69, 9.17) is 4.74 Å². The van der Waals surface area contributed by atoms with Crippen LogP contribution < -0.4 is 10.1 Å². The van der Waals surface area contributed by atoms with Gasteiger partial charge in [-0.1, -0.05) is 15.9 Å². The van der Waals surface area contributed by atoms with Crippen molar-refractivity contribution in [2.75, 3.05) is 11.9 Å². The number of thiophene rings is 1. The Labute approximate surface area is 192 Å². The number of hydrogen-bond donors (Lipinski definition) is 1. The zero-order valence-electron chi connectivity index (χ0n) is 16.1. The standard InChI is InChI=1S/C21H14BrF3N2O4S/c22-12-1-4-18-14(8-12)20(28)11(10-31-18)7-19-16(5-6-32-19)26-13-2-3-17(27(29)30)15(9-13)21(23,24)25/h1-6,8-9,11,26H,7,10H2. The van der Waals surface area contributed by atoms with Crippen LogP contribution in [0.1, 0.15) is 20.8 Å². The monoisotopic (exact) mass is 526 g/mol. The number of fused-ring (bicyclic) bond motifs is 1. The molecule has 0 bridgehead atoms. The Morgan fingerprint density at radius 1 is 1.22 bits per heavy atom. The molecule has 1 atom stereocenters. The zero-order chi connectivity index (χ0) is 23.0. The number of hydrogen-bond acceptors (Lipinski definition) is 6. The van der Waals surface area contributed by atoms with Crippen LogP contribution in [0.25, 0.3) is 0 Å². The second-order valence-corrected chi connectivity index (χ2v) is 9.00. The smallest absolute Gasteiger partial charge is 0.423 e. The van der Waals surface area contributed by atoms with Crippen molar-refractivity contribution in [2.45, 2.75) is 12.6 Å². The van der Waals surface area contributed by atoms with Crippen LogP contribution in [-0.2, 0) is 12.6 Å². The minimum Gasteiger partial charge on any atom is -0.492 e. The molecule has 1 unspecified atom stereocenters. The molecule has 4 rings (SSSR count). The molecule has 0 saturated heterocycles. The number of nitrogens with one attached hydrogen (secondary N) is 1. The molecule has 11 heteroatoms. The molecule has 0 radical (unpaired) electrons. The largest absolute Gasteiger partial charge is 0.492 e. The minimum atomic E-state index is -4.87. The lowest BCUT2D eigenvalue weighted by atomic mass is 9.91. The van der Waals surface area contributed by atoms with Gasteiger partial charge in [0.25, 0.3) is 5.69 Å². The highest BCUT2D eigenvalue weighted by molar-refractivity contribution is 9.10. The number of anilines is 2. The summed E-state index contributed by atoms with van der Waals surface area (Å²) in [5.41, 5.74) is -1.27. The summed E-state index contributed by atoms with van der Waals surface area (Å²) < 4.78 is 46.3. The van der Waals surface area contributed by atoms with Crippen LogP contribution in [0.5, 0.6) is 5.75 Å². The lowest BCUT2D eigenvalue weighted by Gasteiger charge is -2.24. The van der Waals surface area contributed by atoms with Gasteiger partial charge in [0.2, 0.25) is 0 Å². The average Bonchev–Trinajstić information content (AvgIpc) is 3.16. The van der Waals surface area contributed by atoms with Gasteiger partial charge >= 0.3 is 6.18 Å². The van der Waals surface area contributed by atoms with E-state index in [0.717, 1.165) is 15.4 Å². The second-order valence-electron chi connectivity index (χ2n) is 7.09. The Hall–Kier alpha value is -2.92. The van der Waals surface area contributed by atoms with Crippen molar-refractivity contribution in [3.8, 4) is 5.75 Å². The van der Waals surface area contributed by atoms with E-state index in [-0.39, 0.29) is 18.1 Å². The van der Waals surface area contributed by atoms with E-state index in [1.54, 1.807) is 29.6 Å². The molecule has 1 aliphatic heterocycles. The summed E-state index contributed by atoms with van der Waals surface area (Å²) >= 11 is 4.70. The van der Waals surface area contributed by atoms with Gasteiger partial charge < -0.3 is 10.1 Å². The highest BCUT2D eigenvalue weighted by atomic mass is 79.9. The van der Waals surface area contributed by atoms with Crippen LogP contribution in [0.2, 0.25) is 0 Å². The maximum atomic E-state index is 13.3. The summed E-state index contributed by atoms with van der Waals surface area (Å²) in [6.07, 6.45) is -4.53. The van der Waals surface area contributed by atoms with Gasteiger partial charge in [-0.2, -0.15) is 13.2 Å². The molecule has 166 valence electrons. The summed E-state index contributed by atoms with van der Waals surface area (Å²) in [6, 6.07) is 9.65. The van der Waals surface area contributed by atoms with Gasteiger partial charge in [-0.05, 0) is 48.2 Å². The molecule has 1 N–H and O–H groups in total. The number of Topliss-reactive ketones (excluding diaryl/α,β-unsaturated/α-hetero) is 1. The van der Waals surface area contributed by atoms with E-state index in [9.17, 15) is 28.1 Å². The molecule has 32 heavy (non-hydrogen) atoms. The number of nitro groups is 1. The van der Waals surface area contributed by atoms with Crippen molar-refractivity contribution in [1.82, 2.24) is 0 Å². The summed E-state index contributed by atoms with van der Waals surface area (Å²) in [7, 11) is 0. The fourth-order valence-corrected chi connectivity index (χ4v) is 4.72. The predicted octanol–water partition coefficient (Wildman–Crippen LogP) is 6.62. The van der Waals surface area contributed by atoms with Crippen molar-refractivity contribution in [3.63, 3.8) is 0 Å². The highest BCUT2D eigenvalue weighted by Gasteiger charge is 2.38. The lowest BCUT2D eigenvalue weighted by Crippen LogP contribution is -2.29. The SMILES string of the molecule is O=C1c2cc(Br)ccc2OCC1Cc1sccc1Nc1ccc([N+](=O)[O-])c(C(F)(F)F)c1. The third-order valence-electron chi connectivity index (χ3n) is 4.97. The third kappa shape index (κ3) is 4.49. The fourth-order valence-electron chi connectivity index (χ4n) is 3.45. The van der Waals surface area contributed by atoms with Crippen LogP contribution in [0.3, 0.4) is 0 Å². The number of alkyl halides is 3. The number of nitrogens with zero attached hydrogens (tertiary/aromatic N) is 1. The summed E-state index contributed by atoms with van der Waals surface area (Å²) in [5, 5.41) is 15.6. The molecule has 0 spiro atoms. The summed E-state index contributed by atoms with van der Waals surface area (Å²) in [5.74, 6) is 0.00438. The number of halogens is 4. The predicted molar refractivity (Wildman–Crippen MR) is 117 cm³/mol. The number of carbonyl (C=O) groups excluding carboxylic acids is 1. The number of ether oxygens (including phenoxy) is 1. The van der Waals surface area contributed by atoms with E-state index >= 15 is 0 Å². The van der Waals surface area contributed by atoms with Crippen LogP contribution in [0.4, 0.5) is 30.2 Å². The van der Waals surface area contributed by atoms with Crippen molar-refractivity contribution in [3.05, 3.63) is 78.4 Å². The Kier molecular flexibility index (Phi) is 5.95. The maximum Gasteiger partial charge on any atom is 0.423 e. The second kappa shape index (κ2) is 8.55. The summed E-state index contributed by atoms with van der Waals surface area (Å²) in [4.78, 5) is 23.6. The number of benzene rings is 2. The van der Waals surface area contributed by atoms with Gasteiger partial charge in [0.05, 0.1) is 28.7 Å². The minimum absolute atomic E-state index is 0.0584. The van der Waals surface area contributed by atoms with E-state index in [1.807, 2.05) is 0 Å². The lowest BCUT2D eigenvalue weighted by molar-refractivity contribution is -0.388. The Bertz CT molecular complexity index is 1210. The Morgan fingerprint density at radius 2 is 2.00 bits per heavy atom. The van der Waals surface area contributed by atoms with Gasteiger partial charge in [0.1, 0.15) is 11.3 Å². The molecular formula is C21H14BrF3N2O4S. The van der Waals surface area contributed by atoms with Crippen molar-refractivity contribution in [2.24, 2.45) is 5.92 Å². The molecular weight excluding hydrogens is 513 g/mol. The molecule has 2 heterocycles. The number of nitro benzene ring substituents is 1. The van der Waals surface area contributed by atoms with Crippen molar-refractivity contribution < 1.29 is 27.6 Å². The van der Waals surface area contributed by atoms with Crippen LogP contribution in [0, 0.1) is 16.0 Å². The zero-order valence-corrected chi connectivity index (χ0v) is 18.5. The number of rotatable bonds is 5.